The molecule has 1 aliphatic carbocycles. The van der Waals surface area contributed by atoms with E-state index in [1.165, 1.54) is 12.8 Å². The lowest BCUT2D eigenvalue weighted by atomic mass is 10.2. The number of ether oxygens (including phenoxy) is 2. The van der Waals surface area contributed by atoms with E-state index in [9.17, 15) is 9.59 Å². The van der Waals surface area contributed by atoms with E-state index in [0.717, 1.165) is 18.9 Å². The molecule has 0 unspecified atom stereocenters. The summed E-state index contributed by atoms with van der Waals surface area (Å²) in [5.41, 5.74) is 5.55. The van der Waals surface area contributed by atoms with Crippen LogP contribution in [0.15, 0.2) is 24.3 Å². The van der Waals surface area contributed by atoms with Gasteiger partial charge >= 0.3 is 0 Å². The van der Waals surface area contributed by atoms with Crippen LogP contribution < -0.4 is 15.8 Å². The molecule has 0 radical (unpaired) electrons. The van der Waals surface area contributed by atoms with E-state index in [0.29, 0.717) is 24.5 Å². The predicted molar refractivity (Wildman–Crippen MR) is 81.6 cm³/mol. The molecule has 0 bridgehead atoms. The molecule has 0 atom stereocenters. The number of nitrogens with two attached hydrogens (primary N) is 1. The first-order chi connectivity index (χ1) is 10.6. The summed E-state index contributed by atoms with van der Waals surface area (Å²) in [7, 11) is 0. The van der Waals surface area contributed by atoms with Gasteiger partial charge < -0.3 is 20.5 Å². The summed E-state index contributed by atoms with van der Waals surface area (Å²) in [5.74, 6) is 0.617. The number of carbonyl (C=O) groups is 2. The molecule has 6 heteroatoms. The van der Waals surface area contributed by atoms with Crippen LogP contribution in [-0.4, -0.2) is 38.2 Å². The van der Waals surface area contributed by atoms with E-state index < -0.39 is 5.91 Å². The van der Waals surface area contributed by atoms with Crippen molar-refractivity contribution >= 4 is 11.8 Å². The fraction of sp³-hybridized carbons (Fsp3) is 0.500. The Labute approximate surface area is 130 Å². The number of carbonyl (C=O) groups excluding carboxylic acids is 2. The molecule has 6 nitrogen and oxygen atoms in total. The smallest absolute Gasteiger partial charge is 0.257 e. The Balaban J connectivity index is 1.53. The average Bonchev–Trinajstić information content (AvgIpc) is 3.33. The summed E-state index contributed by atoms with van der Waals surface area (Å²) in [4.78, 5) is 22.5. The Bertz CT molecular complexity index is 497. The Morgan fingerprint density at radius 1 is 1.23 bits per heavy atom. The Morgan fingerprint density at radius 3 is 2.59 bits per heavy atom. The van der Waals surface area contributed by atoms with Gasteiger partial charge in [-0.15, -0.1) is 0 Å². The molecule has 120 valence electrons. The van der Waals surface area contributed by atoms with Crippen LogP contribution in [0, 0.1) is 5.92 Å². The van der Waals surface area contributed by atoms with Crippen LogP contribution >= 0.6 is 0 Å². The molecule has 1 saturated carbocycles. The van der Waals surface area contributed by atoms with Gasteiger partial charge in [-0.1, -0.05) is 0 Å². The van der Waals surface area contributed by atoms with Crippen LogP contribution in [0.1, 0.15) is 29.6 Å². The quantitative estimate of drug-likeness (QED) is 0.633. The fourth-order valence-electron chi connectivity index (χ4n) is 1.85. The summed E-state index contributed by atoms with van der Waals surface area (Å²) in [6.45, 7) is 2.04. The zero-order valence-electron chi connectivity index (χ0n) is 12.5. The lowest BCUT2D eigenvalue weighted by molar-refractivity contribution is -0.123. The Morgan fingerprint density at radius 2 is 1.95 bits per heavy atom. The molecule has 1 fully saturated rings. The van der Waals surface area contributed by atoms with E-state index in [1.807, 2.05) is 0 Å². The molecule has 2 amide bonds. The third-order valence-corrected chi connectivity index (χ3v) is 3.35. The van der Waals surface area contributed by atoms with Crippen molar-refractivity contribution in [3.8, 4) is 5.75 Å². The second kappa shape index (κ2) is 8.38. The van der Waals surface area contributed by atoms with Gasteiger partial charge in [0.15, 0.2) is 6.61 Å². The SMILES string of the molecule is NC(=O)c1ccc(OCC(=O)NCCCOCC2CC2)cc1. The van der Waals surface area contributed by atoms with Crippen molar-refractivity contribution in [1.29, 1.82) is 0 Å². The van der Waals surface area contributed by atoms with Gasteiger partial charge in [-0.2, -0.15) is 0 Å². The second-order valence-electron chi connectivity index (χ2n) is 5.40. The van der Waals surface area contributed by atoms with Crippen molar-refractivity contribution in [3.05, 3.63) is 29.8 Å². The van der Waals surface area contributed by atoms with Crippen LogP contribution in [0.25, 0.3) is 0 Å². The molecule has 2 rings (SSSR count). The highest BCUT2D eigenvalue weighted by Crippen LogP contribution is 2.28. The molecule has 0 heterocycles. The summed E-state index contributed by atoms with van der Waals surface area (Å²) >= 11 is 0. The maximum absolute atomic E-state index is 11.6. The number of rotatable bonds is 10. The number of benzene rings is 1. The molecule has 0 saturated heterocycles. The van der Waals surface area contributed by atoms with E-state index in [1.54, 1.807) is 24.3 Å². The average molecular weight is 306 g/mol. The standard InChI is InChI=1S/C16H22N2O4/c17-16(20)13-4-6-14(7-5-13)22-11-15(19)18-8-1-9-21-10-12-2-3-12/h4-7,12H,1-3,8-11H2,(H2,17,20)(H,18,19). The largest absolute Gasteiger partial charge is 0.484 e. The normalized spacial score (nSPS) is 13.6. The molecular weight excluding hydrogens is 284 g/mol. The monoisotopic (exact) mass is 306 g/mol. The van der Waals surface area contributed by atoms with Gasteiger partial charge in [-0.05, 0) is 49.4 Å². The van der Waals surface area contributed by atoms with Gasteiger partial charge in [0.2, 0.25) is 5.91 Å². The van der Waals surface area contributed by atoms with Crippen molar-refractivity contribution < 1.29 is 19.1 Å². The van der Waals surface area contributed by atoms with Crippen LogP contribution in [0.2, 0.25) is 0 Å². The maximum atomic E-state index is 11.6. The van der Waals surface area contributed by atoms with Crippen molar-refractivity contribution in [2.45, 2.75) is 19.3 Å². The number of primary amides is 1. The van der Waals surface area contributed by atoms with Crippen molar-refractivity contribution in [2.24, 2.45) is 11.7 Å². The van der Waals surface area contributed by atoms with Crippen LogP contribution in [0.4, 0.5) is 0 Å². The third-order valence-electron chi connectivity index (χ3n) is 3.35. The molecule has 1 aliphatic rings. The predicted octanol–water partition coefficient (Wildman–Crippen LogP) is 1.10. The number of amides is 2. The topological polar surface area (TPSA) is 90.7 Å². The highest BCUT2D eigenvalue weighted by Gasteiger charge is 2.20. The first-order valence-corrected chi connectivity index (χ1v) is 7.52. The van der Waals surface area contributed by atoms with E-state index in [2.05, 4.69) is 5.32 Å². The minimum Gasteiger partial charge on any atom is -0.484 e. The number of nitrogens with one attached hydrogen (secondary N) is 1. The van der Waals surface area contributed by atoms with Gasteiger partial charge in [0.05, 0.1) is 0 Å². The highest BCUT2D eigenvalue weighted by atomic mass is 16.5. The van der Waals surface area contributed by atoms with Gasteiger partial charge in [0, 0.05) is 25.3 Å². The molecule has 3 N–H and O–H groups in total. The second-order valence-corrected chi connectivity index (χ2v) is 5.40. The Kier molecular flexibility index (Phi) is 6.21. The van der Waals surface area contributed by atoms with Gasteiger partial charge in [-0.3, -0.25) is 9.59 Å². The fourth-order valence-corrected chi connectivity index (χ4v) is 1.85. The molecule has 0 spiro atoms. The van der Waals surface area contributed by atoms with Crippen LogP contribution in [0.3, 0.4) is 0 Å². The number of hydrogen-bond donors (Lipinski definition) is 2. The minimum absolute atomic E-state index is 0.0567. The third kappa shape index (κ3) is 6.13. The first kappa shape index (κ1) is 16.3. The van der Waals surface area contributed by atoms with Crippen LogP contribution in [0.5, 0.6) is 5.75 Å². The van der Waals surface area contributed by atoms with Crippen molar-refractivity contribution in [2.75, 3.05) is 26.4 Å². The Hall–Kier alpha value is -2.08. The first-order valence-electron chi connectivity index (χ1n) is 7.52. The molecule has 1 aromatic carbocycles. The molecule has 0 aliphatic heterocycles. The lowest BCUT2D eigenvalue weighted by Gasteiger charge is -2.08. The van der Waals surface area contributed by atoms with Gasteiger partial charge in [-0.25, -0.2) is 0 Å². The summed E-state index contributed by atoms with van der Waals surface area (Å²) < 4.78 is 10.8. The summed E-state index contributed by atoms with van der Waals surface area (Å²) in [6, 6.07) is 6.34. The van der Waals surface area contributed by atoms with Crippen molar-refractivity contribution in [1.82, 2.24) is 5.32 Å². The van der Waals surface area contributed by atoms with Gasteiger partial charge in [0.1, 0.15) is 5.75 Å². The molecular formula is C16H22N2O4. The maximum Gasteiger partial charge on any atom is 0.257 e. The number of hydrogen-bond acceptors (Lipinski definition) is 4. The molecule has 1 aromatic rings. The van der Waals surface area contributed by atoms with Gasteiger partial charge in [0.25, 0.3) is 5.91 Å². The summed E-state index contributed by atoms with van der Waals surface area (Å²) in [6.07, 6.45) is 3.37. The van der Waals surface area contributed by atoms with Crippen molar-refractivity contribution in [3.63, 3.8) is 0 Å². The van der Waals surface area contributed by atoms with E-state index >= 15 is 0 Å². The van der Waals surface area contributed by atoms with E-state index in [-0.39, 0.29) is 12.5 Å². The minimum atomic E-state index is -0.492. The van der Waals surface area contributed by atoms with E-state index in [4.69, 9.17) is 15.2 Å². The molecule has 0 aromatic heterocycles. The molecule has 22 heavy (non-hydrogen) atoms. The highest BCUT2D eigenvalue weighted by molar-refractivity contribution is 5.92. The lowest BCUT2D eigenvalue weighted by Crippen LogP contribution is -2.30. The van der Waals surface area contributed by atoms with Crippen LogP contribution in [-0.2, 0) is 9.53 Å². The zero-order valence-corrected chi connectivity index (χ0v) is 12.5. The zero-order chi connectivity index (χ0) is 15.8. The summed E-state index contributed by atoms with van der Waals surface area (Å²) in [5, 5.41) is 2.77.